The van der Waals surface area contributed by atoms with Crippen molar-refractivity contribution in [3.63, 3.8) is 0 Å². The van der Waals surface area contributed by atoms with Gasteiger partial charge in [-0.1, -0.05) is 96.1 Å². The minimum atomic E-state index is -0.269. The van der Waals surface area contributed by atoms with E-state index in [1.165, 1.54) is 22.7 Å². The van der Waals surface area contributed by atoms with E-state index in [9.17, 15) is 4.79 Å². The molecule has 0 aliphatic carbocycles. The van der Waals surface area contributed by atoms with Crippen LogP contribution in [-0.4, -0.2) is 8.94 Å². The Morgan fingerprint density at radius 1 is 0.838 bits per heavy atom. The Bertz CT molecular complexity index is 1540. The fraction of sp³-hybridized carbons (Fsp3) is 0.0968. The number of aromatic nitrogens is 2. The Kier molecular flexibility index (Phi) is 7.28. The maximum Gasteiger partial charge on any atom is 0.360 e. The van der Waals surface area contributed by atoms with E-state index in [0.29, 0.717) is 11.7 Å². The molecule has 1 N–H and O–H groups in total. The van der Waals surface area contributed by atoms with Gasteiger partial charge in [0.25, 0.3) is 0 Å². The molecule has 0 saturated heterocycles. The van der Waals surface area contributed by atoms with E-state index >= 15 is 0 Å². The first-order valence-corrected chi connectivity index (χ1v) is 12.9. The summed E-state index contributed by atoms with van der Waals surface area (Å²) in [5, 5.41) is 4.18. The van der Waals surface area contributed by atoms with Gasteiger partial charge in [0.15, 0.2) is 0 Å². The summed E-state index contributed by atoms with van der Waals surface area (Å²) in [5.41, 5.74) is 6.06. The van der Waals surface area contributed by atoms with Crippen molar-refractivity contribution in [1.82, 2.24) is 8.94 Å². The van der Waals surface area contributed by atoms with Crippen molar-refractivity contribution in [2.24, 2.45) is 0 Å². The number of nitrogens with zero attached hydrogens (tertiary/aromatic N) is 3. The van der Waals surface area contributed by atoms with Crippen molar-refractivity contribution in [2.75, 3.05) is 10.2 Å². The predicted molar refractivity (Wildman–Crippen MR) is 154 cm³/mol. The standard InChI is InChI=1S/C31H28N4OS/c1-23-13-17-25(18-14-23)21-29(32-27-19-15-24(2)16-20-27)35(28-11-7-4-8-12-28)31-33-30(36)34(37-31)22-26-9-5-3-6-10-26/h3-21,32H,22H2,1-2H3. The van der Waals surface area contributed by atoms with Crippen LogP contribution in [0.15, 0.2) is 120 Å². The molecule has 0 radical (unpaired) electrons. The fourth-order valence-electron chi connectivity index (χ4n) is 3.93. The minimum absolute atomic E-state index is 0.269. The highest BCUT2D eigenvalue weighted by Gasteiger charge is 2.21. The van der Waals surface area contributed by atoms with Gasteiger partial charge < -0.3 is 5.32 Å². The quantitative estimate of drug-likeness (QED) is 0.242. The normalized spacial score (nSPS) is 11.4. The lowest BCUT2D eigenvalue weighted by Gasteiger charge is -2.26. The van der Waals surface area contributed by atoms with E-state index in [-0.39, 0.29) is 5.69 Å². The zero-order valence-electron chi connectivity index (χ0n) is 20.8. The molecule has 5 nitrogen and oxygen atoms in total. The molecule has 37 heavy (non-hydrogen) atoms. The summed E-state index contributed by atoms with van der Waals surface area (Å²) in [7, 11) is 0. The highest BCUT2D eigenvalue weighted by Crippen LogP contribution is 2.32. The first-order chi connectivity index (χ1) is 18.0. The molecule has 0 aliphatic heterocycles. The summed E-state index contributed by atoms with van der Waals surface area (Å²) in [6.07, 6.45) is 2.08. The van der Waals surface area contributed by atoms with Gasteiger partial charge in [-0.15, -0.1) is 0 Å². The van der Waals surface area contributed by atoms with Crippen molar-refractivity contribution >= 4 is 34.1 Å². The van der Waals surface area contributed by atoms with E-state index in [4.69, 9.17) is 0 Å². The Morgan fingerprint density at radius 3 is 2.08 bits per heavy atom. The molecular weight excluding hydrogens is 476 g/mol. The molecule has 0 fully saturated rings. The molecule has 0 amide bonds. The van der Waals surface area contributed by atoms with Crippen molar-refractivity contribution in [3.8, 4) is 0 Å². The first kappa shape index (κ1) is 24.3. The summed E-state index contributed by atoms with van der Waals surface area (Å²) in [6, 6.07) is 36.6. The summed E-state index contributed by atoms with van der Waals surface area (Å²) in [6.45, 7) is 4.62. The maximum atomic E-state index is 13.0. The van der Waals surface area contributed by atoms with Gasteiger partial charge in [-0.2, -0.15) is 4.98 Å². The number of hydrogen-bond donors (Lipinski definition) is 1. The van der Waals surface area contributed by atoms with Crippen LogP contribution in [0.25, 0.3) is 6.08 Å². The number of rotatable bonds is 8. The molecule has 0 aliphatic rings. The van der Waals surface area contributed by atoms with Crippen LogP contribution in [0.3, 0.4) is 0 Å². The molecule has 0 unspecified atom stereocenters. The number of hydrogen-bond acceptors (Lipinski definition) is 5. The van der Waals surface area contributed by atoms with Crippen molar-refractivity contribution in [1.29, 1.82) is 0 Å². The summed E-state index contributed by atoms with van der Waals surface area (Å²) < 4.78 is 1.69. The van der Waals surface area contributed by atoms with Gasteiger partial charge >= 0.3 is 5.69 Å². The topological polar surface area (TPSA) is 50.2 Å². The van der Waals surface area contributed by atoms with Crippen molar-refractivity contribution < 1.29 is 0 Å². The molecule has 1 heterocycles. The lowest BCUT2D eigenvalue weighted by molar-refractivity contribution is 0.822. The van der Waals surface area contributed by atoms with Crippen LogP contribution in [0.4, 0.5) is 16.5 Å². The second-order valence-corrected chi connectivity index (χ2v) is 9.88. The molecule has 5 rings (SSSR count). The van der Waals surface area contributed by atoms with E-state index in [2.05, 4.69) is 78.8 Å². The average Bonchev–Trinajstić information content (AvgIpc) is 3.27. The van der Waals surface area contributed by atoms with E-state index in [1.807, 2.05) is 65.6 Å². The Labute approximate surface area is 221 Å². The van der Waals surface area contributed by atoms with Crippen LogP contribution in [0, 0.1) is 13.8 Å². The molecule has 6 heteroatoms. The molecule has 0 atom stereocenters. The molecule has 0 bridgehead atoms. The molecule has 4 aromatic carbocycles. The average molecular weight is 505 g/mol. The SMILES string of the molecule is Cc1ccc(C=C(Nc2ccc(C)cc2)N(c2ccccc2)c2nc(=O)n(Cc3ccccc3)s2)cc1. The highest BCUT2D eigenvalue weighted by atomic mass is 32.1. The fourth-order valence-corrected chi connectivity index (χ4v) is 4.86. The number of aryl methyl sites for hydroxylation is 2. The van der Waals surface area contributed by atoms with E-state index in [1.54, 1.807) is 3.96 Å². The molecule has 184 valence electrons. The summed E-state index contributed by atoms with van der Waals surface area (Å²) in [5.74, 6) is 0.791. The third kappa shape index (κ3) is 6.05. The lowest BCUT2D eigenvalue weighted by atomic mass is 10.1. The molecular formula is C31H28N4OS. The zero-order chi connectivity index (χ0) is 25.6. The molecule has 5 aromatic rings. The van der Waals surface area contributed by atoms with Gasteiger partial charge in [-0.05, 0) is 66.8 Å². The van der Waals surface area contributed by atoms with E-state index < -0.39 is 0 Å². The van der Waals surface area contributed by atoms with E-state index in [0.717, 1.165) is 28.3 Å². The number of anilines is 3. The van der Waals surface area contributed by atoms with Gasteiger partial charge in [0, 0.05) is 11.4 Å². The van der Waals surface area contributed by atoms with Gasteiger partial charge in [0.2, 0.25) is 5.13 Å². The maximum absolute atomic E-state index is 13.0. The number of benzene rings is 4. The molecule has 0 spiro atoms. The van der Waals surface area contributed by atoms with Crippen LogP contribution in [0.1, 0.15) is 22.3 Å². The van der Waals surface area contributed by atoms with Gasteiger partial charge in [0.05, 0.1) is 6.54 Å². The van der Waals surface area contributed by atoms with Crippen LogP contribution < -0.4 is 15.9 Å². The smallest absolute Gasteiger partial charge is 0.341 e. The second-order valence-electron chi connectivity index (χ2n) is 8.89. The van der Waals surface area contributed by atoms with Gasteiger partial charge in [-0.25, -0.2) is 8.75 Å². The third-order valence-electron chi connectivity index (χ3n) is 5.92. The van der Waals surface area contributed by atoms with Crippen molar-refractivity contribution in [3.05, 3.63) is 148 Å². The molecule has 0 saturated carbocycles. The minimum Gasteiger partial charge on any atom is -0.341 e. The lowest BCUT2D eigenvalue weighted by Crippen LogP contribution is -2.23. The number of nitrogens with one attached hydrogen (secondary N) is 1. The Morgan fingerprint density at radius 2 is 1.43 bits per heavy atom. The largest absolute Gasteiger partial charge is 0.360 e. The van der Waals surface area contributed by atoms with Crippen LogP contribution >= 0.6 is 11.5 Å². The third-order valence-corrected chi connectivity index (χ3v) is 6.86. The molecule has 1 aromatic heterocycles. The predicted octanol–water partition coefficient (Wildman–Crippen LogP) is 7.22. The Hall–Kier alpha value is -4.42. The van der Waals surface area contributed by atoms with Gasteiger partial charge in [0.1, 0.15) is 5.82 Å². The highest BCUT2D eigenvalue weighted by molar-refractivity contribution is 7.10. The van der Waals surface area contributed by atoms with Crippen LogP contribution in [0.5, 0.6) is 0 Å². The first-order valence-electron chi connectivity index (χ1n) is 12.1. The van der Waals surface area contributed by atoms with Gasteiger partial charge in [-0.3, -0.25) is 4.90 Å². The zero-order valence-corrected chi connectivity index (χ0v) is 21.7. The van der Waals surface area contributed by atoms with Crippen LogP contribution in [0.2, 0.25) is 0 Å². The Balaban J connectivity index is 1.62. The van der Waals surface area contributed by atoms with Crippen molar-refractivity contribution in [2.45, 2.75) is 20.4 Å². The summed E-state index contributed by atoms with van der Waals surface area (Å²) >= 11 is 1.35. The second kappa shape index (κ2) is 11.1. The van der Waals surface area contributed by atoms with Crippen LogP contribution in [-0.2, 0) is 6.54 Å². The monoisotopic (exact) mass is 504 g/mol. The summed E-state index contributed by atoms with van der Waals surface area (Å²) in [4.78, 5) is 19.5. The number of para-hydroxylation sites is 1.